The molecule has 0 aliphatic heterocycles. The molecule has 3 heteroatoms. The molecule has 0 unspecified atom stereocenters. The van der Waals surface area contributed by atoms with Crippen LogP contribution in [0.2, 0.25) is 0 Å². The Kier molecular flexibility index (Phi) is 3.48. The van der Waals surface area contributed by atoms with E-state index in [9.17, 15) is 0 Å². The largest absolute Gasteiger partial charge is 0.383 e. The van der Waals surface area contributed by atoms with Crippen LogP contribution in [0.15, 0.2) is 60.7 Å². The third-order valence-corrected chi connectivity index (χ3v) is 3.54. The summed E-state index contributed by atoms with van der Waals surface area (Å²) < 4.78 is 2.09. The van der Waals surface area contributed by atoms with E-state index in [-0.39, 0.29) is 6.04 Å². The van der Waals surface area contributed by atoms with Gasteiger partial charge in [0.25, 0.3) is 0 Å². The summed E-state index contributed by atoms with van der Waals surface area (Å²) in [6.07, 6.45) is 0. The first-order valence-electron chi connectivity index (χ1n) is 7.17. The second-order valence-corrected chi connectivity index (χ2v) is 5.37. The number of nitrogens with zero attached hydrogens (tertiary/aromatic N) is 2. The molecular weight excluding hydrogens is 258 g/mol. The third-order valence-electron chi connectivity index (χ3n) is 3.54. The van der Waals surface area contributed by atoms with Crippen molar-refractivity contribution in [2.45, 2.75) is 19.9 Å². The zero-order chi connectivity index (χ0) is 14.8. The lowest BCUT2D eigenvalue weighted by Crippen LogP contribution is -2.07. The van der Waals surface area contributed by atoms with Gasteiger partial charge in [-0.1, -0.05) is 60.7 Å². The van der Waals surface area contributed by atoms with Crippen LogP contribution in [0.25, 0.3) is 22.6 Å². The number of rotatable bonds is 3. The van der Waals surface area contributed by atoms with Crippen LogP contribution in [0.5, 0.6) is 0 Å². The molecule has 0 aliphatic carbocycles. The van der Waals surface area contributed by atoms with Gasteiger partial charge in [-0.3, -0.25) is 0 Å². The smallest absolute Gasteiger partial charge is 0.142 e. The number of anilines is 1. The molecule has 0 bridgehead atoms. The minimum absolute atomic E-state index is 0.255. The fourth-order valence-electron chi connectivity index (χ4n) is 2.57. The Morgan fingerprint density at radius 2 is 1.38 bits per heavy atom. The van der Waals surface area contributed by atoms with Crippen molar-refractivity contribution in [3.05, 3.63) is 60.7 Å². The first-order chi connectivity index (χ1) is 10.2. The van der Waals surface area contributed by atoms with Crippen molar-refractivity contribution in [3.63, 3.8) is 0 Å². The molecular formula is C18H19N3. The van der Waals surface area contributed by atoms with Crippen LogP contribution in [0, 0.1) is 0 Å². The van der Waals surface area contributed by atoms with Crippen LogP contribution in [0.3, 0.4) is 0 Å². The van der Waals surface area contributed by atoms with Crippen molar-refractivity contribution in [1.82, 2.24) is 9.55 Å². The van der Waals surface area contributed by atoms with Gasteiger partial charge in [0.2, 0.25) is 0 Å². The molecule has 1 aromatic heterocycles. The summed E-state index contributed by atoms with van der Waals surface area (Å²) in [6.45, 7) is 4.25. The molecule has 106 valence electrons. The minimum atomic E-state index is 0.255. The summed E-state index contributed by atoms with van der Waals surface area (Å²) in [5.74, 6) is 1.64. The second-order valence-electron chi connectivity index (χ2n) is 5.37. The molecule has 21 heavy (non-hydrogen) atoms. The maximum absolute atomic E-state index is 6.37. The summed E-state index contributed by atoms with van der Waals surface area (Å²) in [7, 11) is 0. The zero-order valence-corrected chi connectivity index (χ0v) is 12.3. The maximum atomic E-state index is 6.37. The maximum Gasteiger partial charge on any atom is 0.142 e. The summed E-state index contributed by atoms with van der Waals surface area (Å²) in [4.78, 5) is 4.81. The Balaban J connectivity index is 2.22. The van der Waals surface area contributed by atoms with E-state index in [0.29, 0.717) is 0 Å². The number of aromatic nitrogens is 2. The molecule has 2 aromatic carbocycles. The monoisotopic (exact) mass is 277 g/mol. The Labute approximate surface area is 125 Å². The van der Waals surface area contributed by atoms with Crippen molar-refractivity contribution < 1.29 is 0 Å². The van der Waals surface area contributed by atoms with Crippen molar-refractivity contribution in [1.29, 1.82) is 0 Å². The van der Waals surface area contributed by atoms with Gasteiger partial charge < -0.3 is 10.3 Å². The van der Waals surface area contributed by atoms with Crippen LogP contribution in [0.1, 0.15) is 19.9 Å². The number of hydrogen-bond acceptors (Lipinski definition) is 2. The first kappa shape index (κ1) is 13.4. The molecule has 0 fully saturated rings. The number of benzene rings is 2. The van der Waals surface area contributed by atoms with E-state index >= 15 is 0 Å². The minimum Gasteiger partial charge on any atom is -0.383 e. The Morgan fingerprint density at radius 1 is 0.857 bits per heavy atom. The molecule has 0 spiro atoms. The fourth-order valence-corrected chi connectivity index (χ4v) is 2.57. The van der Waals surface area contributed by atoms with Crippen LogP contribution < -0.4 is 5.73 Å². The highest BCUT2D eigenvalue weighted by atomic mass is 15.2. The Bertz CT molecular complexity index is 728. The van der Waals surface area contributed by atoms with Gasteiger partial charge >= 0.3 is 0 Å². The van der Waals surface area contributed by atoms with Crippen molar-refractivity contribution >= 4 is 5.82 Å². The average molecular weight is 277 g/mol. The van der Waals surface area contributed by atoms with Crippen molar-refractivity contribution in [2.75, 3.05) is 5.73 Å². The van der Waals surface area contributed by atoms with Gasteiger partial charge in [0.15, 0.2) is 0 Å². The van der Waals surface area contributed by atoms with E-state index in [0.717, 1.165) is 28.5 Å². The standard InChI is InChI=1S/C18H19N3/c1-13(2)21-17(19)16(14-9-5-3-6-10-14)20-18(21)15-11-7-4-8-12-15/h3-13H,19H2,1-2H3. The second kappa shape index (κ2) is 5.44. The molecule has 3 nitrogen and oxygen atoms in total. The molecule has 0 atom stereocenters. The predicted octanol–water partition coefficient (Wildman–Crippen LogP) is 4.38. The van der Waals surface area contributed by atoms with E-state index < -0.39 is 0 Å². The lowest BCUT2D eigenvalue weighted by Gasteiger charge is -2.13. The summed E-state index contributed by atoms with van der Waals surface area (Å²) in [5, 5.41) is 0. The van der Waals surface area contributed by atoms with Gasteiger partial charge in [0.05, 0.1) is 0 Å². The lowest BCUT2D eigenvalue weighted by molar-refractivity contribution is 0.614. The van der Waals surface area contributed by atoms with Crippen LogP contribution in [-0.2, 0) is 0 Å². The van der Waals surface area contributed by atoms with Gasteiger partial charge in [-0.05, 0) is 13.8 Å². The quantitative estimate of drug-likeness (QED) is 0.772. The first-order valence-corrected chi connectivity index (χ1v) is 7.17. The summed E-state index contributed by atoms with van der Waals surface area (Å²) in [5.41, 5.74) is 9.36. The predicted molar refractivity (Wildman–Crippen MR) is 87.9 cm³/mol. The van der Waals surface area contributed by atoms with Gasteiger partial charge in [0, 0.05) is 17.2 Å². The van der Waals surface area contributed by atoms with Crippen LogP contribution in [-0.4, -0.2) is 9.55 Å². The Morgan fingerprint density at radius 3 is 1.90 bits per heavy atom. The highest BCUT2D eigenvalue weighted by molar-refractivity contribution is 5.75. The highest BCUT2D eigenvalue weighted by Gasteiger charge is 2.18. The zero-order valence-electron chi connectivity index (χ0n) is 12.3. The number of imidazole rings is 1. The molecule has 0 aliphatic rings. The summed E-state index contributed by atoms with van der Waals surface area (Å²) in [6, 6.07) is 20.5. The molecule has 0 saturated carbocycles. The van der Waals surface area contributed by atoms with Gasteiger partial charge in [-0.15, -0.1) is 0 Å². The van der Waals surface area contributed by atoms with Crippen molar-refractivity contribution in [2.24, 2.45) is 0 Å². The molecule has 0 radical (unpaired) electrons. The van der Waals surface area contributed by atoms with Gasteiger partial charge in [-0.2, -0.15) is 0 Å². The molecule has 3 aromatic rings. The number of hydrogen-bond donors (Lipinski definition) is 1. The van der Waals surface area contributed by atoms with Crippen molar-refractivity contribution in [3.8, 4) is 22.6 Å². The summed E-state index contributed by atoms with van der Waals surface area (Å²) >= 11 is 0. The molecule has 0 saturated heterocycles. The fraction of sp³-hybridized carbons (Fsp3) is 0.167. The molecule has 0 amide bonds. The lowest BCUT2D eigenvalue weighted by atomic mass is 10.1. The van der Waals surface area contributed by atoms with E-state index in [2.05, 4.69) is 30.5 Å². The van der Waals surface area contributed by atoms with Gasteiger partial charge in [0.1, 0.15) is 17.3 Å². The topological polar surface area (TPSA) is 43.8 Å². The molecule has 1 heterocycles. The average Bonchev–Trinajstić information content (AvgIpc) is 2.87. The van der Waals surface area contributed by atoms with E-state index in [1.54, 1.807) is 0 Å². The van der Waals surface area contributed by atoms with E-state index in [4.69, 9.17) is 10.7 Å². The number of nitrogens with two attached hydrogens (primary N) is 1. The number of nitrogen functional groups attached to an aromatic ring is 1. The third kappa shape index (κ3) is 2.42. The molecule has 3 rings (SSSR count). The van der Waals surface area contributed by atoms with Crippen LogP contribution in [0.4, 0.5) is 5.82 Å². The van der Waals surface area contributed by atoms with Gasteiger partial charge in [-0.25, -0.2) is 4.98 Å². The Hall–Kier alpha value is -2.55. The van der Waals surface area contributed by atoms with E-state index in [1.165, 1.54) is 0 Å². The normalized spacial score (nSPS) is 11.0. The van der Waals surface area contributed by atoms with E-state index in [1.807, 2.05) is 48.5 Å². The highest BCUT2D eigenvalue weighted by Crippen LogP contribution is 2.33. The van der Waals surface area contributed by atoms with Crippen LogP contribution >= 0.6 is 0 Å². The molecule has 2 N–H and O–H groups in total. The SMILES string of the molecule is CC(C)n1c(-c2ccccc2)nc(-c2ccccc2)c1N.